The molecule has 190 valence electrons. The SMILES string of the molecule is CC(C)(C)OC(=O)N1CCC(Cc2cnccc2C(=O)CCC(=O)N2CC(F)(F)C[C@H]2C#N)CC1. The van der Waals surface area contributed by atoms with Crippen LogP contribution < -0.4 is 0 Å². The van der Waals surface area contributed by atoms with Gasteiger partial charge in [0.15, 0.2) is 5.78 Å². The van der Waals surface area contributed by atoms with E-state index in [1.165, 1.54) is 6.20 Å². The van der Waals surface area contributed by atoms with Crippen LogP contribution in [0.3, 0.4) is 0 Å². The van der Waals surface area contributed by atoms with E-state index in [9.17, 15) is 23.2 Å². The van der Waals surface area contributed by atoms with Crippen LogP contribution in [0.4, 0.5) is 13.6 Å². The van der Waals surface area contributed by atoms with Gasteiger partial charge in [-0.15, -0.1) is 0 Å². The number of likely N-dealkylation sites (tertiary alicyclic amines) is 2. The highest BCUT2D eigenvalue weighted by atomic mass is 19.3. The quantitative estimate of drug-likeness (QED) is 0.559. The fourth-order valence-electron chi connectivity index (χ4n) is 4.51. The topological polar surface area (TPSA) is 104 Å². The molecule has 0 bridgehead atoms. The molecule has 35 heavy (non-hydrogen) atoms. The Kier molecular flexibility index (Phi) is 8.08. The summed E-state index contributed by atoms with van der Waals surface area (Å²) in [6.45, 7) is 5.83. The van der Waals surface area contributed by atoms with Crippen LogP contribution >= 0.6 is 0 Å². The zero-order chi connectivity index (χ0) is 25.8. The van der Waals surface area contributed by atoms with Gasteiger partial charge in [-0.05, 0) is 57.6 Å². The summed E-state index contributed by atoms with van der Waals surface area (Å²) < 4.78 is 32.7. The number of amides is 2. The van der Waals surface area contributed by atoms with Gasteiger partial charge in [-0.2, -0.15) is 5.26 Å². The van der Waals surface area contributed by atoms with E-state index in [1.54, 1.807) is 23.2 Å². The van der Waals surface area contributed by atoms with Gasteiger partial charge in [-0.1, -0.05) is 0 Å². The number of halogens is 2. The summed E-state index contributed by atoms with van der Waals surface area (Å²) in [5.41, 5.74) is 0.681. The molecule has 0 N–H and O–H groups in total. The van der Waals surface area contributed by atoms with Gasteiger partial charge in [0.2, 0.25) is 5.91 Å². The van der Waals surface area contributed by atoms with Gasteiger partial charge in [0.05, 0.1) is 12.6 Å². The molecule has 0 spiro atoms. The van der Waals surface area contributed by atoms with Crippen molar-refractivity contribution in [3.8, 4) is 6.07 Å². The summed E-state index contributed by atoms with van der Waals surface area (Å²) in [6.07, 6.45) is 3.92. The fourth-order valence-corrected chi connectivity index (χ4v) is 4.51. The maximum absolute atomic E-state index is 13.6. The number of Topliss-reactive ketones (excluding diaryl/α,β-unsaturated/α-hetero) is 1. The summed E-state index contributed by atoms with van der Waals surface area (Å²) in [6, 6.07) is 2.19. The van der Waals surface area contributed by atoms with Crippen molar-refractivity contribution in [2.24, 2.45) is 5.92 Å². The molecule has 2 fully saturated rings. The van der Waals surface area contributed by atoms with Crippen LogP contribution in [0.15, 0.2) is 18.5 Å². The Hall–Kier alpha value is -3.09. The predicted octanol–water partition coefficient (Wildman–Crippen LogP) is 3.99. The van der Waals surface area contributed by atoms with Gasteiger partial charge in [-0.3, -0.25) is 14.6 Å². The normalized spacial score (nSPS) is 20.4. The summed E-state index contributed by atoms with van der Waals surface area (Å²) in [5.74, 6) is -3.71. The molecular weight excluding hydrogens is 458 g/mol. The van der Waals surface area contributed by atoms with Gasteiger partial charge < -0.3 is 14.5 Å². The number of carbonyl (C=O) groups excluding carboxylic acids is 3. The monoisotopic (exact) mass is 490 g/mol. The summed E-state index contributed by atoms with van der Waals surface area (Å²) in [4.78, 5) is 44.3. The van der Waals surface area contributed by atoms with Crippen LogP contribution in [0.25, 0.3) is 0 Å². The van der Waals surface area contributed by atoms with Crippen LogP contribution in [0.2, 0.25) is 0 Å². The number of ether oxygens (including phenoxy) is 1. The first-order valence-corrected chi connectivity index (χ1v) is 11.9. The van der Waals surface area contributed by atoms with Crippen molar-refractivity contribution in [3.63, 3.8) is 0 Å². The third kappa shape index (κ3) is 7.20. The number of rotatable bonds is 6. The maximum Gasteiger partial charge on any atom is 0.410 e. The third-order valence-corrected chi connectivity index (χ3v) is 6.28. The fraction of sp³-hybridized carbons (Fsp3) is 0.640. The molecule has 1 aromatic rings. The minimum Gasteiger partial charge on any atom is -0.444 e. The van der Waals surface area contributed by atoms with Gasteiger partial charge in [0.1, 0.15) is 11.6 Å². The molecule has 3 rings (SSSR count). The largest absolute Gasteiger partial charge is 0.444 e. The van der Waals surface area contributed by atoms with Crippen molar-refractivity contribution in [3.05, 3.63) is 29.6 Å². The number of hydrogen-bond acceptors (Lipinski definition) is 6. The number of nitriles is 1. The molecule has 8 nitrogen and oxygen atoms in total. The Morgan fingerprint density at radius 2 is 1.91 bits per heavy atom. The lowest BCUT2D eigenvalue weighted by Crippen LogP contribution is -2.42. The lowest BCUT2D eigenvalue weighted by atomic mass is 9.88. The Morgan fingerprint density at radius 3 is 2.54 bits per heavy atom. The number of carbonyl (C=O) groups is 3. The molecule has 2 amide bonds. The van der Waals surface area contributed by atoms with Crippen molar-refractivity contribution in [1.82, 2.24) is 14.8 Å². The molecular formula is C25H32F2N4O4. The third-order valence-electron chi connectivity index (χ3n) is 6.28. The summed E-state index contributed by atoms with van der Waals surface area (Å²) >= 11 is 0. The van der Waals surface area contributed by atoms with Crippen molar-refractivity contribution in [2.45, 2.75) is 76.9 Å². The first-order chi connectivity index (χ1) is 16.4. The van der Waals surface area contributed by atoms with Crippen molar-refractivity contribution in [2.75, 3.05) is 19.6 Å². The van der Waals surface area contributed by atoms with Gasteiger partial charge in [0.25, 0.3) is 5.92 Å². The molecule has 0 unspecified atom stereocenters. The minimum absolute atomic E-state index is 0.132. The number of piperidine rings is 1. The summed E-state index contributed by atoms with van der Waals surface area (Å²) in [7, 11) is 0. The highest BCUT2D eigenvalue weighted by Gasteiger charge is 2.47. The van der Waals surface area contributed by atoms with Crippen molar-refractivity contribution in [1.29, 1.82) is 5.26 Å². The van der Waals surface area contributed by atoms with E-state index in [-0.39, 0.29) is 30.6 Å². The van der Waals surface area contributed by atoms with Crippen LogP contribution in [0.5, 0.6) is 0 Å². The second-order valence-corrected chi connectivity index (χ2v) is 10.3. The van der Waals surface area contributed by atoms with E-state index in [0.29, 0.717) is 25.1 Å². The first-order valence-electron chi connectivity index (χ1n) is 11.9. The Labute approximate surface area is 204 Å². The molecule has 1 atom stereocenters. The second kappa shape index (κ2) is 10.7. The van der Waals surface area contributed by atoms with Crippen LogP contribution in [-0.2, 0) is 16.0 Å². The molecule has 0 radical (unpaired) electrons. The zero-order valence-corrected chi connectivity index (χ0v) is 20.4. The number of hydrogen-bond donors (Lipinski definition) is 0. The van der Waals surface area contributed by atoms with Gasteiger partial charge in [0, 0.05) is 50.3 Å². The van der Waals surface area contributed by atoms with E-state index in [1.807, 2.05) is 20.8 Å². The Morgan fingerprint density at radius 1 is 1.23 bits per heavy atom. The number of nitrogens with zero attached hydrogens (tertiary/aromatic N) is 4. The van der Waals surface area contributed by atoms with Crippen LogP contribution in [-0.4, -0.2) is 69.8 Å². The number of ketones is 1. The lowest BCUT2D eigenvalue weighted by molar-refractivity contribution is -0.132. The second-order valence-electron chi connectivity index (χ2n) is 10.3. The highest BCUT2D eigenvalue weighted by molar-refractivity contribution is 5.99. The van der Waals surface area contributed by atoms with Crippen LogP contribution in [0, 0.1) is 17.2 Å². The Bertz CT molecular complexity index is 994. The van der Waals surface area contributed by atoms with Gasteiger partial charge in [-0.25, -0.2) is 13.6 Å². The number of aromatic nitrogens is 1. The van der Waals surface area contributed by atoms with Crippen molar-refractivity contribution >= 4 is 17.8 Å². The number of alkyl halides is 2. The molecule has 2 aliphatic rings. The molecule has 2 saturated heterocycles. The van der Waals surface area contributed by atoms with Crippen LogP contribution in [0.1, 0.15) is 68.8 Å². The number of pyridine rings is 1. The molecule has 3 heterocycles. The highest BCUT2D eigenvalue weighted by Crippen LogP contribution is 2.32. The molecule has 0 aliphatic carbocycles. The maximum atomic E-state index is 13.6. The van der Waals surface area contributed by atoms with Crippen molar-refractivity contribution < 1.29 is 27.9 Å². The lowest BCUT2D eigenvalue weighted by Gasteiger charge is -2.33. The first kappa shape index (κ1) is 26.5. The predicted molar refractivity (Wildman–Crippen MR) is 123 cm³/mol. The molecule has 0 aromatic carbocycles. The molecule has 0 saturated carbocycles. The zero-order valence-electron chi connectivity index (χ0n) is 20.4. The average Bonchev–Trinajstić information content (AvgIpc) is 3.11. The van der Waals surface area contributed by atoms with E-state index in [4.69, 9.17) is 10.00 Å². The summed E-state index contributed by atoms with van der Waals surface area (Å²) in [5, 5.41) is 9.08. The van der Waals surface area contributed by atoms with E-state index in [0.717, 1.165) is 23.3 Å². The molecule has 10 heteroatoms. The smallest absolute Gasteiger partial charge is 0.410 e. The Balaban J connectivity index is 1.55. The van der Waals surface area contributed by atoms with Gasteiger partial charge >= 0.3 is 6.09 Å². The average molecular weight is 491 g/mol. The van der Waals surface area contributed by atoms with E-state index in [2.05, 4.69) is 4.98 Å². The standard InChI is InChI=1S/C25H32F2N4O4/c1-24(2,3)35-23(34)30-10-7-17(8-11-30)12-18-15-29-9-6-20(18)21(32)4-5-22(33)31-16-25(26,27)13-19(31)14-28/h6,9,15,17,19H,4-5,7-8,10-13,16H2,1-3H3/t19-/m0/s1. The molecule has 2 aliphatic heterocycles. The minimum atomic E-state index is -3.09. The molecule has 1 aromatic heterocycles. The van der Waals surface area contributed by atoms with E-state index < -0.39 is 36.4 Å². The van der Waals surface area contributed by atoms with E-state index >= 15 is 0 Å².